The van der Waals surface area contributed by atoms with Crippen LogP contribution < -0.4 is 10.1 Å². The number of hydrogen-bond donors (Lipinski definition) is 1. The van der Waals surface area contributed by atoms with E-state index in [2.05, 4.69) is 22.2 Å². The van der Waals surface area contributed by atoms with Crippen LogP contribution in [0.15, 0.2) is 12.4 Å². The van der Waals surface area contributed by atoms with Gasteiger partial charge < -0.3 is 10.1 Å². The predicted octanol–water partition coefficient (Wildman–Crippen LogP) is 1.16. The Morgan fingerprint density at radius 1 is 1.29 bits per heavy atom. The van der Waals surface area contributed by atoms with E-state index in [0.29, 0.717) is 12.5 Å². The maximum Gasteiger partial charge on any atom is 0.235 e. The number of nitrogens with zero attached hydrogens (tertiary/aromatic N) is 2. The molecule has 1 aromatic heterocycles. The summed E-state index contributed by atoms with van der Waals surface area (Å²) in [4.78, 5) is 8.17. The zero-order valence-corrected chi connectivity index (χ0v) is 8.79. The second kappa shape index (κ2) is 6.32. The molecule has 0 spiro atoms. The monoisotopic (exact) mass is 195 g/mol. The van der Waals surface area contributed by atoms with Gasteiger partial charge in [0.15, 0.2) is 0 Å². The lowest BCUT2D eigenvalue weighted by atomic mass is 10.5. The number of ether oxygens (including phenoxy) is 1. The van der Waals surface area contributed by atoms with Gasteiger partial charge in [-0.3, -0.25) is 4.98 Å². The molecule has 0 unspecified atom stereocenters. The highest BCUT2D eigenvalue weighted by molar-refractivity contribution is 5.14. The Bertz CT molecular complexity index is 265. The van der Waals surface area contributed by atoms with E-state index in [1.807, 2.05) is 6.92 Å². The lowest BCUT2D eigenvalue weighted by Crippen LogP contribution is -2.22. The molecule has 4 nitrogen and oxygen atoms in total. The molecular weight excluding hydrogens is 178 g/mol. The molecule has 1 heterocycles. The van der Waals surface area contributed by atoms with Gasteiger partial charge in [0.05, 0.1) is 5.69 Å². The Morgan fingerprint density at radius 2 is 2.07 bits per heavy atom. The van der Waals surface area contributed by atoms with Crippen molar-refractivity contribution >= 4 is 0 Å². The molecule has 0 saturated carbocycles. The Hall–Kier alpha value is -1.16. The second-order valence-corrected chi connectivity index (χ2v) is 3.05. The van der Waals surface area contributed by atoms with Crippen molar-refractivity contribution in [3.8, 4) is 5.88 Å². The van der Waals surface area contributed by atoms with Crippen molar-refractivity contribution in [2.75, 3.05) is 19.7 Å². The van der Waals surface area contributed by atoms with Crippen LogP contribution in [0.4, 0.5) is 0 Å². The quantitative estimate of drug-likeness (QED) is 0.692. The van der Waals surface area contributed by atoms with Crippen LogP contribution >= 0.6 is 0 Å². The van der Waals surface area contributed by atoms with Gasteiger partial charge >= 0.3 is 0 Å². The molecule has 14 heavy (non-hydrogen) atoms. The molecule has 4 heteroatoms. The van der Waals surface area contributed by atoms with E-state index in [4.69, 9.17) is 4.74 Å². The van der Waals surface area contributed by atoms with E-state index in [9.17, 15) is 0 Å². The van der Waals surface area contributed by atoms with Gasteiger partial charge in [-0.25, -0.2) is 4.98 Å². The Labute approximate surface area is 84.7 Å². The van der Waals surface area contributed by atoms with Crippen LogP contribution in [0.2, 0.25) is 0 Å². The first kappa shape index (κ1) is 10.9. The topological polar surface area (TPSA) is 47.0 Å². The highest BCUT2D eigenvalue weighted by Crippen LogP contribution is 2.08. The van der Waals surface area contributed by atoms with Crippen molar-refractivity contribution in [1.29, 1.82) is 0 Å². The van der Waals surface area contributed by atoms with Gasteiger partial charge in [0.2, 0.25) is 5.88 Å². The molecular formula is C10H17N3O. The molecule has 0 bridgehead atoms. The van der Waals surface area contributed by atoms with Gasteiger partial charge in [-0.2, -0.15) is 0 Å². The van der Waals surface area contributed by atoms with Gasteiger partial charge in [0.25, 0.3) is 0 Å². The average Bonchev–Trinajstić information content (AvgIpc) is 2.20. The Balaban J connectivity index is 2.21. The molecule has 78 valence electrons. The van der Waals surface area contributed by atoms with Crippen LogP contribution in [0.25, 0.3) is 0 Å². The lowest BCUT2D eigenvalue weighted by Gasteiger charge is -2.06. The summed E-state index contributed by atoms with van der Waals surface area (Å²) < 4.78 is 5.45. The highest BCUT2D eigenvalue weighted by atomic mass is 16.5. The van der Waals surface area contributed by atoms with Crippen molar-refractivity contribution in [3.63, 3.8) is 0 Å². The van der Waals surface area contributed by atoms with Crippen LogP contribution in [0.5, 0.6) is 5.88 Å². The first-order chi connectivity index (χ1) is 6.84. The first-order valence-corrected chi connectivity index (χ1v) is 4.95. The molecule has 0 fully saturated rings. The van der Waals surface area contributed by atoms with Crippen LogP contribution in [0.3, 0.4) is 0 Å². The summed E-state index contributed by atoms with van der Waals surface area (Å²) in [5, 5.41) is 3.25. The van der Waals surface area contributed by atoms with Crippen LogP contribution in [0.1, 0.15) is 19.0 Å². The molecule has 0 atom stereocenters. The van der Waals surface area contributed by atoms with Gasteiger partial charge in [-0.15, -0.1) is 0 Å². The summed E-state index contributed by atoms with van der Waals surface area (Å²) in [5.41, 5.74) is 0.836. The fourth-order valence-electron chi connectivity index (χ4n) is 1.06. The van der Waals surface area contributed by atoms with Crippen molar-refractivity contribution in [2.24, 2.45) is 0 Å². The fraction of sp³-hybridized carbons (Fsp3) is 0.600. The molecule has 0 aliphatic heterocycles. The van der Waals surface area contributed by atoms with E-state index in [0.717, 1.165) is 25.2 Å². The minimum atomic E-state index is 0.630. The van der Waals surface area contributed by atoms with E-state index >= 15 is 0 Å². The molecule has 1 aromatic rings. The van der Waals surface area contributed by atoms with Gasteiger partial charge in [0, 0.05) is 18.9 Å². The summed E-state index contributed by atoms with van der Waals surface area (Å²) >= 11 is 0. The molecule has 0 aliphatic rings. The van der Waals surface area contributed by atoms with Crippen LogP contribution in [-0.4, -0.2) is 29.7 Å². The lowest BCUT2D eigenvalue weighted by molar-refractivity contribution is 0.299. The molecule has 1 N–H and O–H groups in total. The molecule has 0 saturated heterocycles. The fourth-order valence-corrected chi connectivity index (χ4v) is 1.06. The van der Waals surface area contributed by atoms with E-state index in [-0.39, 0.29) is 0 Å². The largest absolute Gasteiger partial charge is 0.475 e. The number of hydrogen-bond acceptors (Lipinski definition) is 4. The summed E-state index contributed by atoms with van der Waals surface area (Å²) in [6.07, 6.45) is 4.45. The van der Waals surface area contributed by atoms with Crippen molar-refractivity contribution < 1.29 is 4.74 Å². The minimum absolute atomic E-state index is 0.630. The SMILES string of the molecule is CCCNCCOc1nccnc1C. The molecule has 0 aromatic carbocycles. The van der Waals surface area contributed by atoms with Crippen LogP contribution in [0, 0.1) is 6.92 Å². The normalized spacial score (nSPS) is 10.1. The third kappa shape index (κ3) is 3.70. The predicted molar refractivity (Wildman–Crippen MR) is 55.4 cm³/mol. The maximum atomic E-state index is 5.45. The standard InChI is InChI=1S/C10H17N3O/c1-3-4-11-7-8-14-10-9(2)12-5-6-13-10/h5-6,11H,3-4,7-8H2,1-2H3. The number of aryl methyl sites for hydroxylation is 1. The van der Waals surface area contributed by atoms with E-state index in [1.165, 1.54) is 0 Å². The Kier molecular flexibility index (Phi) is 4.93. The third-order valence-corrected chi connectivity index (χ3v) is 1.78. The zero-order valence-electron chi connectivity index (χ0n) is 8.79. The summed E-state index contributed by atoms with van der Waals surface area (Å²) in [5.74, 6) is 0.630. The minimum Gasteiger partial charge on any atom is -0.475 e. The Morgan fingerprint density at radius 3 is 2.79 bits per heavy atom. The molecule has 0 amide bonds. The molecule has 0 radical (unpaired) electrons. The van der Waals surface area contributed by atoms with Gasteiger partial charge in [0.1, 0.15) is 6.61 Å². The molecule has 0 aliphatic carbocycles. The van der Waals surface area contributed by atoms with E-state index in [1.54, 1.807) is 12.4 Å². The van der Waals surface area contributed by atoms with E-state index < -0.39 is 0 Å². The average molecular weight is 195 g/mol. The first-order valence-electron chi connectivity index (χ1n) is 4.95. The summed E-state index contributed by atoms with van der Waals surface area (Å²) in [6, 6.07) is 0. The highest BCUT2D eigenvalue weighted by Gasteiger charge is 1.99. The van der Waals surface area contributed by atoms with Crippen molar-refractivity contribution in [2.45, 2.75) is 20.3 Å². The number of rotatable bonds is 6. The van der Waals surface area contributed by atoms with Crippen LogP contribution in [-0.2, 0) is 0 Å². The smallest absolute Gasteiger partial charge is 0.235 e. The summed E-state index contributed by atoms with van der Waals surface area (Å²) in [7, 11) is 0. The van der Waals surface area contributed by atoms with Gasteiger partial charge in [-0.05, 0) is 19.9 Å². The van der Waals surface area contributed by atoms with Crippen molar-refractivity contribution in [1.82, 2.24) is 15.3 Å². The second-order valence-electron chi connectivity index (χ2n) is 3.05. The summed E-state index contributed by atoms with van der Waals surface area (Å²) in [6.45, 7) is 6.55. The zero-order chi connectivity index (χ0) is 10.2. The van der Waals surface area contributed by atoms with Gasteiger partial charge in [-0.1, -0.05) is 6.92 Å². The van der Waals surface area contributed by atoms with Crippen molar-refractivity contribution in [3.05, 3.63) is 18.1 Å². The maximum absolute atomic E-state index is 5.45. The number of nitrogens with one attached hydrogen (secondary N) is 1. The number of aromatic nitrogens is 2. The molecule has 1 rings (SSSR count). The third-order valence-electron chi connectivity index (χ3n) is 1.78.